The van der Waals surface area contributed by atoms with Gasteiger partial charge in [-0.25, -0.2) is 4.79 Å². The summed E-state index contributed by atoms with van der Waals surface area (Å²) in [6.07, 6.45) is 7.18. The minimum Gasteiger partial charge on any atom is -0.448 e. The van der Waals surface area contributed by atoms with Crippen molar-refractivity contribution < 1.29 is 29.4 Å². The molecular formula is C30H36BrN5O7. The minimum absolute atomic E-state index is 0.0651. The van der Waals surface area contributed by atoms with Gasteiger partial charge in [0.05, 0.1) is 6.54 Å². The highest BCUT2D eigenvalue weighted by atomic mass is 79.9. The third-order valence-electron chi connectivity index (χ3n) is 6.72. The van der Waals surface area contributed by atoms with Crippen molar-refractivity contribution in [3.05, 3.63) is 99.8 Å². The van der Waals surface area contributed by atoms with E-state index in [9.17, 15) is 14.4 Å². The van der Waals surface area contributed by atoms with E-state index in [4.69, 9.17) is 20.1 Å². The number of hydrogen-bond acceptors (Lipinski definition) is 7. The number of para-hydroxylation sites is 1. The molecule has 3 amide bonds. The summed E-state index contributed by atoms with van der Waals surface area (Å²) < 4.78 is 5.38. The number of benzene rings is 2. The molecule has 230 valence electrons. The Morgan fingerprint density at radius 2 is 1.81 bits per heavy atom. The van der Waals surface area contributed by atoms with Crippen molar-refractivity contribution in [3.63, 3.8) is 0 Å². The van der Waals surface area contributed by atoms with Crippen LogP contribution < -0.4 is 10.2 Å². The van der Waals surface area contributed by atoms with Gasteiger partial charge >= 0.3 is 6.09 Å². The molecule has 0 saturated carbocycles. The molecule has 2 heterocycles. The Bertz CT molecular complexity index is 1320. The topological polar surface area (TPSA) is 146 Å². The fourth-order valence-corrected chi connectivity index (χ4v) is 5.27. The smallest absolute Gasteiger partial charge is 0.410 e. The first kappa shape index (κ1) is 33.1. The molecule has 0 spiro atoms. The van der Waals surface area contributed by atoms with Crippen LogP contribution in [0.15, 0.2) is 78.5 Å². The summed E-state index contributed by atoms with van der Waals surface area (Å²) in [5.74, 6) is -0.379. The first-order valence-corrected chi connectivity index (χ1v) is 14.9. The average Bonchev–Trinajstić information content (AvgIpc) is 3.00. The standard InChI is InChI=1S/C30H35BrN4O4.HNO3/c1-2-16-33-17-13-24(21-27(33)31)29(37)35(26-10-4-3-5-11-26)19-14-28(36)32-15-20-39-30(38)34-18-12-23-8-6-7-9-25(23)22-34;2-1(3)4/h3-11,13,17,21,27H,2,12,14-16,18-20,22H2,1H3,(H,32,36);(H,2,3,4). The lowest BCUT2D eigenvalue weighted by molar-refractivity contribution is -0.742. The van der Waals surface area contributed by atoms with Gasteiger partial charge < -0.3 is 30.0 Å². The molecular weight excluding hydrogens is 622 g/mol. The molecule has 4 rings (SSSR count). The number of nitrogens with one attached hydrogen (secondary N) is 1. The Morgan fingerprint density at radius 3 is 2.49 bits per heavy atom. The second kappa shape index (κ2) is 16.9. The molecule has 43 heavy (non-hydrogen) atoms. The highest BCUT2D eigenvalue weighted by molar-refractivity contribution is 9.09. The van der Waals surface area contributed by atoms with Gasteiger partial charge in [-0.15, -0.1) is 10.1 Å². The van der Waals surface area contributed by atoms with Crippen molar-refractivity contribution in [2.24, 2.45) is 0 Å². The van der Waals surface area contributed by atoms with Crippen LogP contribution in [0.1, 0.15) is 30.9 Å². The van der Waals surface area contributed by atoms with E-state index in [-0.39, 0.29) is 49.0 Å². The summed E-state index contributed by atoms with van der Waals surface area (Å²) in [5, 5.41) is 16.4. The van der Waals surface area contributed by atoms with E-state index in [0.717, 1.165) is 30.6 Å². The van der Waals surface area contributed by atoms with Crippen molar-refractivity contribution >= 4 is 39.5 Å². The SMILES string of the molecule is CCCN1C=CC(C(=O)N(CCC(=O)NCCOC(=O)N2CCc3ccccc3C2)c2ccccc2)=CC1Br.O=[N+]([O-])O. The number of carbonyl (C=O) groups excluding carboxylic acids is 3. The zero-order valence-corrected chi connectivity index (χ0v) is 25.5. The average molecular weight is 659 g/mol. The van der Waals surface area contributed by atoms with Crippen LogP contribution in [0.3, 0.4) is 0 Å². The van der Waals surface area contributed by atoms with E-state index in [1.54, 1.807) is 9.80 Å². The molecule has 2 aromatic rings. The number of nitrogens with zero attached hydrogens (tertiary/aromatic N) is 4. The number of ether oxygens (including phenoxy) is 1. The van der Waals surface area contributed by atoms with Crippen LogP contribution in [-0.4, -0.2) is 75.7 Å². The van der Waals surface area contributed by atoms with Crippen LogP contribution in [0.2, 0.25) is 0 Å². The monoisotopic (exact) mass is 657 g/mol. The van der Waals surface area contributed by atoms with Gasteiger partial charge in [0.2, 0.25) is 5.91 Å². The number of fused-ring (bicyclic) bond motifs is 1. The van der Waals surface area contributed by atoms with Crippen molar-refractivity contribution in [3.8, 4) is 0 Å². The maximum absolute atomic E-state index is 13.5. The van der Waals surface area contributed by atoms with E-state index in [1.807, 2.05) is 66.9 Å². The summed E-state index contributed by atoms with van der Waals surface area (Å²) in [7, 11) is 0. The van der Waals surface area contributed by atoms with E-state index in [1.165, 1.54) is 5.56 Å². The number of hydrogen-bond donors (Lipinski definition) is 2. The Kier molecular flexibility index (Phi) is 13.0. The number of halogens is 1. The van der Waals surface area contributed by atoms with Gasteiger partial charge in [-0.05, 0) is 48.3 Å². The molecule has 1 unspecified atom stereocenters. The summed E-state index contributed by atoms with van der Waals surface area (Å²) in [4.78, 5) is 52.2. The Morgan fingerprint density at radius 1 is 1.14 bits per heavy atom. The Labute approximate surface area is 258 Å². The van der Waals surface area contributed by atoms with Crippen molar-refractivity contribution in [2.45, 2.75) is 37.7 Å². The molecule has 0 aromatic heterocycles. The number of anilines is 1. The van der Waals surface area contributed by atoms with Crippen LogP contribution in [0, 0.1) is 10.1 Å². The second-order valence-corrected chi connectivity index (χ2v) is 10.7. The molecule has 2 aliphatic heterocycles. The maximum atomic E-state index is 13.5. The maximum Gasteiger partial charge on any atom is 0.410 e. The molecule has 13 heteroatoms. The van der Waals surface area contributed by atoms with Gasteiger partial charge in [-0.2, -0.15) is 0 Å². The molecule has 1 atom stereocenters. The third kappa shape index (κ3) is 10.4. The molecule has 0 saturated heterocycles. The van der Waals surface area contributed by atoms with Crippen LogP contribution in [0.25, 0.3) is 0 Å². The zero-order valence-electron chi connectivity index (χ0n) is 23.9. The number of alkyl halides is 1. The predicted molar refractivity (Wildman–Crippen MR) is 164 cm³/mol. The second-order valence-electron chi connectivity index (χ2n) is 9.73. The lowest BCUT2D eigenvalue weighted by atomic mass is 10.0. The highest BCUT2D eigenvalue weighted by Gasteiger charge is 2.24. The number of amides is 3. The fraction of sp³-hybridized carbons (Fsp3) is 0.367. The van der Waals surface area contributed by atoms with Crippen molar-refractivity contribution in [1.82, 2.24) is 15.1 Å². The van der Waals surface area contributed by atoms with Gasteiger partial charge in [-0.1, -0.05) is 65.3 Å². The molecule has 0 radical (unpaired) electrons. The summed E-state index contributed by atoms with van der Waals surface area (Å²) in [6.45, 7) is 4.65. The highest BCUT2D eigenvalue weighted by Crippen LogP contribution is 2.23. The molecule has 0 bridgehead atoms. The summed E-state index contributed by atoms with van der Waals surface area (Å²) >= 11 is 3.63. The Balaban J connectivity index is 0.00000119. The Hall–Kier alpha value is -4.39. The van der Waals surface area contributed by atoms with Crippen molar-refractivity contribution in [2.75, 3.05) is 37.7 Å². The van der Waals surface area contributed by atoms with Crippen LogP contribution >= 0.6 is 15.9 Å². The fourth-order valence-electron chi connectivity index (χ4n) is 4.64. The van der Waals surface area contributed by atoms with Gasteiger partial charge in [0.1, 0.15) is 11.6 Å². The lowest BCUT2D eigenvalue weighted by Crippen LogP contribution is -2.39. The minimum atomic E-state index is -1.50. The van der Waals surface area contributed by atoms with E-state index in [2.05, 4.69) is 39.1 Å². The van der Waals surface area contributed by atoms with Crippen LogP contribution in [0.5, 0.6) is 0 Å². The van der Waals surface area contributed by atoms with Gasteiger partial charge in [0.15, 0.2) is 0 Å². The summed E-state index contributed by atoms with van der Waals surface area (Å²) in [5.41, 5.74) is 3.69. The largest absolute Gasteiger partial charge is 0.448 e. The van der Waals surface area contributed by atoms with Crippen LogP contribution in [-0.2, 0) is 27.3 Å². The number of carbonyl (C=O) groups is 3. The summed E-state index contributed by atoms with van der Waals surface area (Å²) in [6, 6.07) is 17.4. The van der Waals surface area contributed by atoms with Gasteiger partial charge in [0.25, 0.3) is 11.0 Å². The van der Waals surface area contributed by atoms with Gasteiger partial charge in [0, 0.05) is 50.1 Å². The first-order chi connectivity index (χ1) is 20.7. The number of rotatable bonds is 10. The first-order valence-electron chi connectivity index (χ1n) is 13.9. The van der Waals surface area contributed by atoms with Crippen molar-refractivity contribution in [1.29, 1.82) is 0 Å². The normalized spacial score (nSPS) is 15.3. The molecule has 12 nitrogen and oxygen atoms in total. The quantitative estimate of drug-likeness (QED) is 0.127. The van der Waals surface area contributed by atoms with E-state index < -0.39 is 5.09 Å². The molecule has 2 aromatic carbocycles. The molecule has 2 aliphatic rings. The van der Waals surface area contributed by atoms with Gasteiger partial charge in [-0.3, -0.25) is 9.59 Å². The zero-order chi connectivity index (χ0) is 31.2. The van der Waals surface area contributed by atoms with Crippen LogP contribution in [0.4, 0.5) is 10.5 Å². The van der Waals surface area contributed by atoms with E-state index in [0.29, 0.717) is 18.7 Å². The molecule has 0 aliphatic carbocycles. The predicted octanol–water partition coefficient (Wildman–Crippen LogP) is 4.26. The molecule has 0 fully saturated rings. The third-order valence-corrected chi connectivity index (χ3v) is 7.51. The lowest BCUT2D eigenvalue weighted by Gasteiger charge is -2.29. The molecule has 2 N–H and O–H groups in total. The van der Waals surface area contributed by atoms with E-state index >= 15 is 0 Å².